The van der Waals surface area contributed by atoms with Crippen molar-refractivity contribution in [3.63, 3.8) is 0 Å². The maximum atomic E-state index is 13.6. The second-order valence-corrected chi connectivity index (χ2v) is 7.88. The Kier molecular flexibility index (Phi) is 3.73. The van der Waals surface area contributed by atoms with Crippen molar-refractivity contribution in [2.75, 3.05) is 6.54 Å². The zero-order chi connectivity index (χ0) is 19.3. The second-order valence-electron chi connectivity index (χ2n) is 7.88. The van der Waals surface area contributed by atoms with E-state index >= 15 is 0 Å². The summed E-state index contributed by atoms with van der Waals surface area (Å²) in [6.45, 7) is 0.725. The van der Waals surface area contributed by atoms with Gasteiger partial charge in [-0.2, -0.15) is 5.26 Å². The van der Waals surface area contributed by atoms with Gasteiger partial charge < -0.3 is 4.90 Å². The van der Waals surface area contributed by atoms with Crippen LogP contribution in [-0.4, -0.2) is 29.1 Å². The first-order chi connectivity index (χ1) is 13.7. The molecule has 2 heterocycles. The predicted molar refractivity (Wildman–Crippen MR) is 105 cm³/mol. The van der Waals surface area contributed by atoms with Crippen molar-refractivity contribution in [1.82, 2.24) is 4.90 Å². The first kappa shape index (κ1) is 16.9. The van der Waals surface area contributed by atoms with E-state index in [0.29, 0.717) is 28.8 Å². The van der Waals surface area contributed by atoms with Crippen LogP contribution < -0.4 is 0 Å². The fourth-order valence-electron chi connectivity index (χ4n) is 5.22. The van der Waals surface area contributed by atoms with Crippen LogP contribution in [0.4, 0.5) is 0 Å². The summed E-state index contributed by atoms with van der Waals surface area (Å²) in [4.78, 5) is 29.0. The molecule has 28 heavy (non-hydrogen) atoms. The molecule has 2 aliphatic heterocycles. The smallest absolute Gasteiger partial charge is 0.210 e. The Balaban J connectivity index is 1.74. The van der Waals surface area contributed by atoms with Crippen molar-refractivity contribution in [3.8, 4) is 6.07 Å². The first-order valence-corrected chi connectivity index (χ1v) is 9.82. The number of nitrogens with zero attached hydrogens (tertiary/aromatic N) is 2. The van der Waals surface area contributed by atoms with Gasteiger partial charge in [-0.3, -0.25) is 9.59 Å². The third-order valence-electron chi connectivity index (χ3n) is 6.43. The van der Waals surface area contributed by atoms with Crippen LogP contribution in [0.1, 0.15) is 45.5 Å². The van der Waals surface area contributed by atoms with Crippen molar-refractivity contribution in [2.45, 2.75) is 31.7 Å². The molecule has 138 valence electrons. The van der Waals surface area contributed by atoms with E-state index in [1.807, 2.05) is 30.3 Å². The monoisotopic (exact) mass is 368 g/mol. The molecule has 0 amide bonds. The lowest BCUT2D eigenvalue weighted by Crippen LogP contribution is -2.46. The van der Waals surface area contributed by atoms with Gasteiger partial charge in [-0.05, 0) is 31.2 Å². The molecular weight excluding hydrogens is 348 g/mol. The number of benzene rings is 2. The highest BCUT2D eigenvalue weighted by Gasteiger charge is 2.59. The SMILES string of the molecule is N#C[C@]1(Cc2ccccc2)C2=C(C(=O)c3ccccc3C2=O)N2CCCC[C@@H]21. The lowest BCUT2D eigenvalue weighted by atomic mass is 9.67. The molecule has 0 aromatic heterocycles. The van der Waals surface area contributed by atoms with Crippen molar-refractivity contribution in [3.05, 3.63) is 82.6 Å². The van der Waals surface area contributed by atoms with Crippen LogP contribution in [0, 0.1) is 16.7 Å². The number of rotatable bonds is 2. The molecular formula is C24H20N2O2. The van der Waals surface area contributed by atoms with E-state index in [1.165, 1.54) is 0 Å². The average Bonchev–Trinajstić information content (AvgIpc) is 3.04. The minimum absolute atomic E-state index is 0.109. The summed E-state index contributed by atoms with van der Waals surface area (Å²) in [7, 11) is 0. The number of allylic oxidation sites excluding steroid dienone is 1. The highest BCUT2D eigenvalue weighted by atomic mass is 16.1. The number of piperidine rings is 1. The third kappa shape index (κ3) is 2.16. The van der Waals surface area contributed by atoms with Crippen LogP contribution in [0.5, 0.6) is 0 Å². The van der Waals surface area contributed by atoms with E-state index in [2.05, 4.69) is 11.0 Å². The van der Waals surface area contributed by atoms with E-state index in [1.54, 1.807) is 24.3 Å². The molecule has 0 saturated carbocycles. The lowest BCUT2D eigenvalue weighted by Gasteiger charge is -2.39. The van der Waals surface area contributed by atoms with Crippen molar-refractivity contribution in [2.24, 2.45) is 5.41 Å². The van der Waals surface area contributed by atoms with E-state index < -0.39 is 5.41 Å². The second kappa shape index (κ2) is 6.17. The molecule has 2 aromatic carbocycles. The molecule has 2 atom stereocenters. The Morgan fingerprint density at radius 1 is 0.964 bits per heavy atom. The Morgan fingerprint density at radius 3 is 2.36 bits per heavy atom. The van der Waals surface area contributed by atoms with Gasteiger partial charge in [0.2, 0.25) is 5.78 Å². The zero-order valence-corrected chi connectivity index (χ0v) is 15.5. The van der Waals surface area contributed by atoms with Crippen LogP contribution in [0.3, 0.4) is 0 Å². The van der Waals surface area contributed by atoms with Crippen molar-refractivity contribution >= 4 is 11.6 Å². The minimum Gasteiger partial charge on any atom is -0.363 e. The minimum atomic E-state index is -0.989. The van der Waals surface area contributed by atoms with E-state index in [9.17, 15) is 14.9 Å². The van der Waals surface area contributed by atoms with Crippen LogP contribution in [0.25, 0.3) is 0 Å². The van der Waals surface area contributed by atoms with Gasteiger partial charge in [0, 0.05) is 17.7 Å². The standard InChI is InChI=1S/C24H20N2O2/c25-15-24(14-16-8-2-1-3-9-16)19-12-6-7-13-26(19)21-20(24)22(27)17-10-4-5-11-18(17)23(21)28/h1-5,8-11,19H,6-7,12-14H2/t19-,24+/m1/s1. The number of fused-ring (bicyclic) bond motifs is 3. The van der Waals surface area contributed by atoms with Gasteiger partial charge in [0.25, 0.3) is 0 Å². The Hall–Kier alpha value is -3.19. The Bertz CT molecular complexity index is 1060. The fourth-order valence-corrected chi connectivity index (χ4v) is 5.22. The van der Waals surface area contributed by atoms with Gasteiger partial charge in [0.1, 0.15) is 5.41 Å². The summed E-state index contributed by atoms with van der Waals surface area (Å²) >= 11 is 0. The van der Waals surface area contributed by atoms with Gasteiger partial charge in [-0.25, -0.2) is 0 Å². The molecule has 0 radical (unpaired) electrons. The molecule has 3 aliphatic rings. The summed E-state index contributed by atoms with van der Waals surface area (Å²) < 4.78 is 0. The van der Waals surface area contributed by atoms with Crippen LogP contribution >= 0.6 is 0 Å². The van der Waals surface area contributed by atoms with Crippen molar-refractivity contribution in [1.29, 1.82) is 5.26 Å². The predicted octanol–water partition coefficient (Wildman–Crippen LogP) is 3.94. The quantitative estimate of drug-likeness (QED) is 0.805. The van der Waals surface area contributed by atoms with Crippen LogP contribution in [0.15, 0.2) is 65.9 Å². The van der Waals surface area contributed by atoms with Gasteiger partial charge in [-0.15, -0.1) is 0 Å². The summed E-state index contributed by atoms with van der Waals surface area (Å²) in [5.74, 6) is -0.264. The normalized spacial score (nSPS) is 25.8. The molecule has 0 N–H and O–H groups in total. The fraction of sp³-hybridized carbons (Fsp3) is 0.292. The maximum absolute atomic E-state index is 13.6. The van der Waals surface area contributed by atoms with E-state index in [0.717, 1.165) is 31.4 Å². The molecule has 5 rings (SSSR count). The molecule has 2 aromatic rings. The van der Waals surface area contributed by atoms with Crippen molar-refractivity contribution < 1.29 is 9.59 Å². The molecule has 4 heteroatoms. The number of nitriles is 1. The molecule has 0 bridgehead atoms. The number of Topliss-reactive ketones (excluding diaryl/α,β-unsaturated/α-hetero) is 2. The summed E-state index contributed by atoms with van der Waals surface area (Å²) in [5, 5.41) is 10.4. The van der Waals surface area contributed by atoms with Gasteiger partial charge >= 0.3 is 0 Å². The highest BCUT2D eigenvalue weighted by molar-refractivity contribution is 6.28. The number of hydrogen-bond donors (Lipinski definition) is 0. The van der Waals surface area contributed by atoms with Crippen LogP contribution in [-0.2, 0) is 6.42 Å². The maximum Gasteiger partial charge on any atom is 0.210 e. The van der Waals surface area contributed by atoms with Gasteiger partial charge in [0.05, 0.1) is 23.4 Å². The lowest BCUT2D eigenvalue weighted by molar-refractivity contribution is 0.0935. The van der Waals surface area contributed by atoms with Gasteiger partial charge in [-0.1, -0.05) is 54.6 Å². The Labute approximate surface area is 164 Å². The largest absolute Gasteiger partial charge is 0.363 e. The van der Waals surface area contributed by atoms with E-state index in [4.69, 9.17) is 0 Å². The molecule has 1 saturated heterocycles. The average molecular weight is 368 g/mol. The van der Waals surface area contributed by atoms with Crippen LogP contribution in [0.2, 0.25) is 0 Å². The summed E-state index contributed by atoms with van der Waals surface area (Å²) in [6, 6.07) is 19.2. The van der Waals surface area contributed by atoms with Gasteiger partial charge in [0.15, 0.2) is 5.78 Å². The molecule has 1 aliphatic carbocycles. The number of carbonyl (C=O) groups is 2. The number of ketones is 2. The zero-order valence-electron chi connectivity index (χ0n) is 15.5. The van der Waals surface area contributed by atoms with E-state index in [-0.39, 0.29) is 17.6 Å². The molecule has 0 unspecified atom stereocenters. The summed E-state index contributed by atoms with van der Waals surface area (Å²) in [6.07, 6.45) is 3.26. The third-order valence-corrected chi connectivity index (χ3v) is 6.43. The topological polar surface area (TPSA) is 61.2 Å². The Morgan fingerprint density at radius 2 is 1.64 bits per heavy atom. The summed E-state index contributed by atoms with van der Waals surface area (Å²) in [5.41, 5.74) is 1.82. The number of hydrogen-bond acceptors (Lipinski definition) is 4. The molecule has 4 nitrogen and oxygen atoms in total. The number of carbonyl (C=O) groups excluding carboxylic acids is 2. The molecule has 1 fully saturated rings. The molecule has 0 spiro atoms. The first-order valence-electron chi connectivity index (χ1n) is 9.82. The highest BCUT2D eigenvalue weighted by Crippen LogP contribution is 2.53.